The van der Waals surface area contributed by atoms with Gasteiger partial charge in [0.1, 0.15) is 11.5 Å². The molecule has 0 aromatic carbocycles. The van der Waals surface area contributed by atoms with E-state index in [4.69, 9.17) is 4.42 Å². The molecule has 0 aliphatic heterocycles. The average molecular weight is 262 g/mol. The van der Waals surface area contributed by atoms with Crippen LogP contribution >= 0.6 is 0 Å². The Morgan fingerprint density at radius 3 is 2.79 bits per heavy atom. The fourth-order valence-corrected chi connectivity index (χ4v) is 1.58. The number of hydrazone groups is 1. The second-order valence-corrected chi connectivity index (χ2v) is 4.10. The highest BCUT2D eigenvalue weighted by molar-refractivity contribution is 5.81. The number of aryl methyl sites for hydroxylation is 2. The lowest BCUT2D eigenvalue weighted by molar-refractivity contribution is -0.120. The van der Waals surface area contributed by atoms with Crippen LogP contribution in [0.2, 0.25) is 0 Å². The van der Waals surface area contributed by atoms with E-state index in [0.29, 0.717) is 17.0 Å². The summed E-state index contributed by atoms with van der Waals surface area (Å²) in [5, 5.41) is 8.82. The maximum atomic E-state index is 11.6. The minimum absolute atomic E-state index is 0.0286. The van der Waals surface area contributed by atoms with Gasteiger partial charge >= 0.3 is 0 Å². The molecule has 1 amide bonds. The number of nitrogens with one attached hydrogen (secondary N) is 3. The van der Waals surface area contributed by atoms with Crippen LogP contribution in [0.4, 0.5) is 0 Å². The van der Waals surface area contributed by atoms with E-state index in [1.54, 1.807) is 19.1 Å². The lowest BCUT2D eigenvalue weighted by Gasteiger charge is -1.97. The number of H-pyrrole nitrogens is 2. The molecule has 100 valence electrons. The molecule has 0 aliphatic carbocycles. The number of aromatic nitrogens is 2. The van der Waals surface area contributed by atoms with Gasteiger partial charge in [-0.1, -0.05) is 0 Å². The summed E-state index contributed by atoms with van der Waals surface area (Å²) in [5.74, 6) is 0.948. The Balaban J connectivity index is 1.92. The Labute approximate surface area is 108 Å². The van der Waals surface area contributed by atoms with Gasteiger partial charge in [-0.05, 0) is 26.0 Å². The summed E-state index contributed by atoms with van der Waals surface area (Å²) in [6.07, 6.45) is 1.37. The third-order valence-corrected chi connectivity index (χ3v) is 2.57. The van der Waals surface area contributed by atoms with Crippen molar-refractivity contribution in [1.29, 1.82) is 0 Å². The fraction of sp³-hybridized carbons (Fsp3) is 0.250. The van der Waals surface area contributed by atoms with E-state index in [0.717, 1.165) is 5.76 Å². The van der Waals surface area contributed by atoms with E-state index < -0.39 is 0 Å². The molecular weight excluding hydrogens is 248 g/mol. The van der Waals surface area contributed by atoms with Crippen molar-refractivity contribution in [1.82, 2.24) is 15.6 Å². The van der Waals surface area contributed by atoms with Crippen LogP contribution in [0.1, 0.15) is 22.8 Å². The molecule has 0 radical (unpaired) electrons. The standard InChI is InChI=1S/C12H14N4O3/c1-7-3-4-9(19-7)6-13-15-11(17)5-10-8(2)14-16-12(10)18/h3-4,6H,5H2,1-2H3,(H,15,17)(H2,14,16,18). The Hall–Kier alpha value is -2.57. The Bertz CT molecular complexity index is 663. The Morgan fingerprint density at radius 2 is 2.21 bits per heavy atom. The van der Waals surface area contributed by atoms with Gasteiger partial charge in [0, 0.05) is 11.3 Å². The number of amides is 1. The van der Waals surface area contributed by atoms with E-state index in [9.17, 15) is 9.59 Å². The van der Waals surface area contributed by atoms with Crippen molar-refractivity contribution >= 4 is 12.1 Å². The first-order chi connectivity index (χ1) is 9.06. The first-order valence-electron chi connectivity index (χ1n) is 5.70. The van der Waals surface area contributed by atoms with Crippen LogP contribution in [-0.4, -0.2) is 22.3 Å². The first-order valence-corrected chi connectivity index (χ1v) is 5.70. The molecule has 2 aromatic heterocycles. The highest BCUT2D eigenvalue weighted by Crippen LogP contribution is 2.02. The molecule has 0 atom stereocenters. The van der Waals surface area contributed by atoms with E-state index in [1.165, 1.54) is 6.21 Å². The molecule has 0 fully saturated rings. The minimum atomic E-state index is -0.368. The quantitative estimate of drug-likeness (QED) is 0.555. The number of hydrogen-bond acceptors (Lipinski definition) is 4. The van der Waals surface area contributed by atoms with Crippen LogP contribution in [0, 0.1) is 13.8 Å². The zero-order valence-corrected chi connectivity index (χ0v) is 10.6. The van der Waals surface area contributed by atoms with Gasteiger partial charge < -0.3 is 9.52 Å². The predicted octanol–water partition coefficient (Wildman–Crippen LogP) is 0.606. The molecule has 7 heteroatoms. The van der Waals surface area contributed by atoms with Gasteiger partial charge in [0.25, 0.3) is 5.56 Å². The Morgan fingerprint density at radius 1 is 1.42 bits per heavy atom. The molecule has 0 spiro atoms. The van der Waals surface area contributed by atoms with Crippen LogP contribution in [0.3, 0.4) is 0 Å². The third-order valence-electron chi connectivity index (χ3n) is 2.57. The molecule has 0 unspecified atom stereocenters. The molecule has 0 saturated heterocycles. The largest absolute Gasteiger partial charge is 0.460 e. The van der Waals surface area contributed by atoms with Crippen molar-refractivity contribution in [3.63, 3.8) is 0 Å². The monoisotopic (exact) mass is 262 g/mol. The minimum Gasteiger partial charge on any atom is -0.460 e. The summed E-state index contributed by atoms with van der Waals surface area (Å²) in [5.41, 5.74) is 3.09. The number of furan rings is 1. The average Bonchev–Trinajstić information content (AvgIpc) is 2.90. The predicted molar refractivity (Wildman–Crippen MR) is 69.0 cm³/mol. The molecule has 7 nitrogen and oxygen atoms in total. The fourth-order valence-electron chi connectivity index (χ4n) is 1.58. The highest BCUT2D eigenvalue weighted by atomic mass is 16.3. The van der Waals surface area contributed by atoms with Crippen molar-refractivity contribution in [3.8, 4) is 0 Å². The van der Waals surface area contributed by atoms with E-state index in [2.05, 4.69) is 20.7 Å². The molecule has 2 aromatic rings. The van der Waals surface area contributed by atoms with Crippen LogP contribution < -0.4 is 11.0 Å². The van der Waals surface area contributed by atoms with Gasteiger partial charge in [-0.3, -0.25) is 14.7 Å². The number of nitrogens with zero attached hydrogens (tertiary/aromatic N) is 1. The zero-order valence-electron chi connectivity index (χ0n) is 10.6. The molecule has 0 aliphatic rings. The SMILES string of the molecule is Cc1ccc(C=NNC(=O)Cc2c(C)[nH][nH]c2=O)o1. The highest BCUT2D eigenvalue weighted by Gasteiger charge is 2.10. The van der Waals surface area contributed by atoms with Crippen LogP contribution in [0.25, 0.3) is 0 Å². The van der Waals surface area contributed by atoms with Crippen molar-refractivity contribution < 1.29 is 9.21 Å². The maximum absolute atomic E-state index is 11.6. The molecule has 19 heavy (non-hydrogen) atoms. The van der Waals surface area contributed by atoms with Gasteiger partial charge in [0.05, 0.1) is 12.6 Å². The van der Waals surface area contributed by atoms with Crippen molar-refractivity contribution in [2.24, 2.45) is 5.10 Å². The topological polar surface area (TPSA) is 103 Å². The number of aromatic amines is 2. The lowest BCUT2D eigenvalue weighted by atomic mass is 10.2. The lowest BCUT2D eigenvalue weighted by Crippen LogP contribution is -2.23. The van der Waals surface area contributed by atoms with Gasteiger partial charge in [-0.25, -0.2) is 5.43 Å². The van der Waals surface area contributed by atoms with Crippen molar-refractivity contribution in [2.75, 3.05) is 0 Å². The summed E-state index contributed by atoms with van der Waals surface area (Å²) in [7, 11) is 0. The van der Waals surface area contributed by atoms with E-state index in [-0.39, 0.29) is 17.9 Å². The summed E-state index contributed by atoms with van der Waals surface area (Å²) >= 11 is 0. The van der Waals surface area contributed by atoms with Gasteiger partial charge in [-0.15, -0.1) is 0 Å². The third kappa shape index (κ3) is 3.21. The number of carbonyl (C=O) groups is 1. The number of hydrogen-bond donors (Lipinski definition) is 3. The molecule has 3 N–H and O–H groups in total. The number of carbonyl (C=O) groups excluding carboxylic acids is 1. The van der Waals surface area contributed by atoms with Crippen LogP contribution in [0.15, 0.2) is 26.4 Å². The molecule has 0 saturated carbocycles. The second kappa shape index (κ2) is 5.38. The molecule has 2 heterocycles. The van der Waals surface area contributed by atoms with E-state index >= 15 is 0 Å². The molecular formula is C12H14N4O3. The van der Waals surface area contributed by atoms with E-state index in [1.807, 2.05) is 6.92 Å². The summed E-state index contributed by atoms with van der Waals surface area (Å²) < 4.78 is 5.25. The first kappa shape index (κ1) is 12.9. The number of rotatable bonds is 4. The second-order valence-electron chi connectivity index (χ2n) is 4.10. The van der Waals surface area contributed by atoms with Crippen molar-refractivity contribution in [2.45, 2.75) is 20.3 Å². The zero-order chi connectivity index (χ0) is 13.8. The summed E-state index contributed by atoms with van der Waals surface area (Å²) in [4.78, 5) is 22.9. The van der Waals surface area contributed by atoms with Gasteiger partial charge in [0.2, 0.25) is 5.91 Å². The summed E-state index contributed by atoms with van der Waals surface area (Å²) in [6, 6.07) is 3.54. The van der Waals surface area contributed by atoms with Crippen molar-refractivity contribution in [3.05, 3.63) is 45.3 Å². The van der Waals surface area contributed by atoms with Crippen LogP contribution in [0.5, 0.6) is 0 Å². The van der Waals surface area contributed by atoms with Crippen LogP contribution in [-0.2, 0) is 11.2 Å². The maximum Gasteiger partial charge on any atom is 0.267 e. The van der Waals surface area contributed by atoms with Gasteiger partial charge in [-0.2, -0.15) is 5.10 Å². The normalized spacial score (nSPS) is 11.1. The summed E-state index contributed by atoms with van der Waals surface area (Å²) in [6.45, 7) is 3.53. The smallest absolute Gasteiger partial charge is 0.267 e. The molecule has 2 rings (SSSR count). The molecule has 0 bridgehead atoms. The van der Waals surface area contributed by atoms with Gasteiger partial charge in [0.15, 0.2) is 0 Å². The Kier molecular flexibility index (Phi) is 3.65.